The lowest BCUT2D eigenvalue weighted by Crippen LogP contribution is -2.43. The first kappa shape index (κ1) is 56.4. The number of carboxylic acid groups (broad SMARTS) is 1. The second kappa shape index (κ2) is 42.1. The molecule has 0 aliphatic heterocycles. The van der Waals surface area contributed by atoms with Gasteiger partial charge >= 0.3 is 19.8 Å². The summed E-state index contributed by atoms with van der Waals surface area (Å²) in [6.45, 7) is 2.48. The molecule has 0 spiro atoms. The number of aliphatic hydroxyl groups excluding tert-OH is 1. The molecule has 0 fully saturated rings. The number of nitrogens with one attached hydrogen (secondary N) is 1. The zero-order valence-electron chi connectivity index (χ0n) is 37.0. The molecule has 59 heavy (non-hydrogen) atoms. The summed E-state index contributed by atoms with van der Waals surface area (Å²) in [6, 6.07) is -1.55. The number of allylic oxidation sites excluding steroid dienone is 8. The minimum Gasteiger partial charge on any atom is -0.480 e. The van der Waals surface area contributed by atoms with Crippen LogP contribution in [0.15, 0.2) is 48.6 Å². The number of unbranched alkanes of at least 4 members (excludes halogenated alkanes) is 21. The monoisotopic (exact) mass is 854 g/mol. The zero-order valence-corrected chi connectivity index (χ0v) is 37.9. The molecule has 0 aromatic rings. The topological polar surface area (TPSA) is 169 Å². The summed E-state index contributed by atoms with van der Waals surface area (Å²) in [7, 11) is -4.76. The number of carbonyl (C=O) groups is 3. The van der Waals surface area contributed by atoms with Crippen LogP contribution < -0.4 is 5.32 Å². The first-order chi connectivity index (χ1) is 28.6. The number of aliphatic carboxylic acids is 1. The smallest absolute Gasteiger partial charge is 0.472 e. The molecule has 0 heterocycles. The predicted octanol–water partition coefficient (Wildman–Crippen LogP) is 12.2. The largest absolute Gasteiger partial charge is 0.480 e. The highest BCUT2D eigenvalue weighted by Crippen LogP contribution is 2.43. The summed E-state index contributed by atoms with van der Waals surface area (Å²) in [6.07, 6.45) is 47.0. The number of carbonyl (C=O) groups excluding carboxylic acids is 2. The normalized spacial score (nSPS) is 14.1. The summed E-state index contributed by atoms with van der Waals surface area (Å²) in [5, 5.41) is 21.9. The molecular formula is C47H84NO10P. The van der Waals surface area contributed by atoms with Gasteiger partial charge in [-0.2, -0.15) is 0 Å². The number of hydrogen-bond acceptors (Lipinski definition) is 8. The Morgan fingerprint density at radius 3 is 1.49 bits per heavy atom. The van der Waals surface area contributed by atoms with Crippen LogP contribution in [0.25, 0.3) is 0 Å². The number of aliphatic hydroxyl groups is 1. The van der Waals surface area contributed by atoms with Crippen LogP contribution >= 0.6 is 7.82 Å². The third kappa shape index (κ3) is 41.9. The van der Waals surface area contributed by atoms with Crippen LogP contribution in [0.1, 0.15) is 200 Å². The SMILES string of the molecule is CC/C=C\C/C=C\C/C=C\CCCCCCCCCC(=O)NC(COP(=O)(O)OCC(O)COC(=O)CCCCCCCCC/C=C\CCCCCCCCC)C(=O)O. The van der Waals surface area contributed by atoms with Crippen LogP contribution in [0.2, 0.25) is 0 Å². The van der Waals surface area contributed by atoms with Gasteiger partial charge in [0.15, 0.2) is 6.04 Å². The van der Waals surface area contributed by atoms with Crippen LogP contribution in [-0.2, 0) is 32.7 Å². The summed E-state index contributed by atoms with van der Waals surface area (Å²) < 4.78 is 26.9. The predicted molar refractivity (Wildman–Crippen MR) is 240 cm³/mol. The van der Waals surface area contributed by atoms with E-state index < -0.39 is 57.6 Å². The maximum Gasteiger partial charge on any atom is 0.472 e. The second-order valence-electron chi connectivity index (χ2n) is 15.6. The second-order valence-corrected chi connectivity index (χ2v) is 17.0. The highest BCUT2D eigenvalue weighted by atomic mass is 31.2. The molecule has 4 N–H and O–H groups in total. The minimum absolute atomic E-state index is 0.133. The highest BCUT2D eigenvalue weighted by Gasteiger charge is 2.28. The van der Waals surface area contributed by atoms with E-state index in [0.29, 0.717) is 12.8 Å². The Morgan fingerprint density at radius 2 is 0.983 bits per heavy atom. The molecule has 3 unspecified atom stereocenters. The van der Waals surface area contributed by atoms with Crippen LogP contribution in [0.5, 0.6) is 0 Å². The lowest BCUT2D eigenvalue weighted by molar-refractivity contribution is -0.147. The summed E-state index contributed by atoms with van der Waals surface area (Å²) in [4.78, 5) is 46.0. The van der Waals surface area contributed by atoms with Crippen molar-refractivity contribution in [2.45, 2.75) is 212 Å². The van der Waals surface area contributed by atoms with Gasteiger partial charge < -0.3 is 25.2 Å². The highest BCUT2D eigenvalue weighted by molar-refractivity contribution is 7.47. The fourth-order valence-electron chi connectivity index (χ4n) is 6.27. The van der Waals surface area contributed by atoms with Crippen molar-refractivity contribution in [2.75, 3.05) is 19.8 Å². The molecule has 0 rings (SSSR count). The Kier molecular flexibility index (Phi) is 40.3. The van der Waals surface area contributed by atoms with Gasteiger partial charge in [-0.1, -0.05) is 165 Å². The van der Waals surface area contributed by atoms with E-state index in [4.69, 9.17) is 13.8 Å². The van der Waals surface area contributed by atoms with E-state index in [9.17, 15) is 34.1 Å². The molecule has 0 saturated carbocycles. The van der Waals surface area contributed by atoms with Gasteiger partial charge in [-0.05, 0) is 70.6 Å². The number of hydrogen-bond donors (Lipinski definition) is 4. The van der Waals surface area contributed by atoms with Gasteiger partial charge in [0.2, 0.25) is 5.91 Å². The fourth-order valence-corrected chi connectivity index (χ4v) is 7.04. The zero-order chi connectivity index (χ0) is 43.5. The summed E-state index contributed by atoms with van der Waals surface area (Å²) in [5.41, 5.74) is 0. The number of rotatable bonds is 43. The Balaban J connectivity index is 3.89. The quantitative estimate of drug-likeness (QED) is 0.0200. The molecule has 0 saturated heterocycles. The number of phosphoric ester groups is 1. The molecule has 1 amide bonds. The maximum absolute atomic E-state index is 12.3. The molecular weight excluding hydrogens is 769 g/mol. The van der Waals surface area contributed by atoms with Gasteiger partial charge in [-0.15, -0.1) is 0 Å². The van der Waals surface area contributed by atoms with Gasteiger partial charge in [0.25, 0.3) is 0 Å². The van der Waals surface area contributed by atoms with Crippen molar-refractivity contribution in [2.24, 2.45) is 0 Å². The standard InChI is InChI=1S/C47H84NO10P/c1-3-5-7-9-11-13-15-17-19-21-23-25-27-29-31-33-35-37-39-46(51)56-40-43(49)41-57-59(54,55)58-42-44(47(52)53)48-45(50)38-36-34-32-30-28-26-24-22-20-18-16-14-12-10-8-6-4-2/h6,8,12,14,18-21,43-44,49H,3-5,7,9-11,13,15-17,22-42H2,1-2H3,(H,48,50)(H,52,53)(H,54,55)/b8-6-,14-12-,20-18-,21-19-. The Morgan fingerprint density at radius 1 is 0.559 bits per heavy atom. The first-order valence-electron chi connectivity index (χ1n) is 23.2. The van der Waals surface area contributed by atoms with Crippen LogP contribution in [0, 0.1) is 0 Å². The molecule has 0 aliphatic rings. The molecule has 0 bridgehead atoms. The van der Waals surface area contributed by atoms with E-state index >= 15 is 0 Å². The molecule has 0 radical (unpaired) electrons. The number of amides is 1. The number of carboxylic acids is 1. The van der Waals surface area contributed by atoms with Crippen LogP contribution in [-0.4, -0.2) is 64.9 Å². The van der Waals surface area contributed by atoms with Gasteiger partial charge in [0.05, 0.1) is 13.2 Å². The van der Waals surface area contributed by atoms with Gasteiger partial charge in [0.1, 0.15) is 12.7 Å². The molecule has 0 aliphatic carbocycles. The lowest BCUT2D eigenvalue weighted by atomic mass is 10.1. The summed E-state index contributed by atoms with van der Waals surface area (Å²) >= 11 is 0. The van der Waals surface area contributed by atoms with Crippen LogP contribution in [0.4, 0.5) is 0 Å². The van der Waals surface area contributed by atoms with E-state index in [-0.39, 0.29) is 12.8 Å². The minimum atomic E-state index is -4.76. The van der Waals surface area contributed by atoms with Gasteiger partial charge in [-0.3, -0.25) is 18.6 Å². The Bertz CT molecular complexity index is 1190. The van der Waals surface area contributed by atoms with Gasteiger partial charge in [0, 0.05) is 12.8 Å². The Labute approximate surface area is 358 Å². The molecule has 0 aromatic heterocycles. The molecule has 11 nitrogen and oxygen atoms in total. The molecule has 0 aromatic carbocycles. The van der Waals surface area contributed by atoms with E-state index in [2.05, 4.69) is 67.8 Å². The lowest BCUT2D eigenvalue weighted by Gasteiger charge is -2.18. The van der Waals surface area contributed by atoms with E-state index in [1.54, 1.807) is 0 Å². The fraction of sp³-hybridized carbons (Fsp3) is 0.766. The number of esters is 1. The Hall–Kier alpha value is -2.56. The van der Waals surface area contributed by atoms with Crippen molar-refractivity contribution in [3.8, 4) is 0 Å². The number of phosphoric acid groups is 1. The van der Waals surface area contributed by atoms with Crippen LogP contribution in [0.3, 0.4) is 0 Å². The van der Waals surface area contributed by atoms with Gasteiger partial charge in [-0.25, -0.2) is 9.36 Å². The third-order valence-corrected chi connectivity index (χ3v) is 10.8. The van der Waals surface area contributed by atoms with Crippen molar-refractivity contribution < 1.29 is 47.8 Å². The van der Waals surface area contributed by atoms with Crippen molar-refractivity contribution in [1.82, 2.24) is 5.32 Å². The molecule has 12 heteroatoms. The average molecular weight is 854 g/mol. The first-order valence-corrected chi connectivity index (χ1v) is 24.7. The van der Waals surface area contributed by atoms with E-state index in [1.807, 2.05) is 0 Å². The third-order valence-electron chi connectivity index (χ3n) is 9.85. The van der Waals surface area contributed by atoms with E-state index in [0.717, 1.165) is 89.9 Å². The number of ether oxygens (including phenoxy) is 1. The van der Waals surface area contributed by atoms with E-state index in [1.165, 1.54) is 70.6 Å². The van der Waals surface area contributed by atoms with Crippen molar-refractivity contribution in [3.05, 3.63) is 48.6 Å². The van der Waals surface area contributed by atoms with Crippen molar-refractivity contribution in [1.29, 1.82) is 0 Å². The maximum atomic E-state index is 12.3. The molecule has 342 valence electrons. The average Bonchev–Trinajstić information content (AvgIpc) is 3.21. The van der Waals surface area contributed by atoms with Crippen molar-refractivity contribution >= 4 is 25.7 Å². The summed E-state index contributed by atoms with van der Waals surface area (Å²) in [5.74, 6) is -2.39. The molecule has 3 atom stereocenters. The van der Waals surface area contributed by atoms with Crippen molar-refractivity contribution in [3.63, 3.8) is 0 Å².